The van der Waals surface area contributed by atoms with Crippen molar-refractivity contribution >= 4 is 5.97 Å². The molecule has 3 rings (SSSR count). The molecule has 1 aromatic rings. The van der Waals surface area contributed by atoms with Crippen molar-refractivity contribution in [1.29, 1.82) is 0 Å². The van der Waals surface area contributed by atoms with Crippen LogP contribution in [0.1, 0.15) is 31.2 Å². The highest BCUT2D eigenvalue weighted by atomic mass is 19.1. The summed E-state index contributed by atoms with van der Waals surface area (Å²) in [4.78, 5) is 13.5. The molecule has 102 valence electrons. The number of carboxylic acids is 1. The molecule has 2 fully saturated rings. The smallest absolute Gasteiger partial charge is 0.308 e. The molecule has 1 aromatic carbocycles. The van der Waals surface area contributed by atoms with E-state index >= 15 is 0 Å². The number of hydrogen-bond acceptors (Lipinski definition) is 2. The van der Waals surface area contributed by atoms with Crippen molar-refractivity contribution in [3.05, 3.63) is 35.6 Å². The molecule has 19 heavy (non-hydrogen) atoms. The first-order valence-electron chi connectivity index (χ1n) is 6.89. The molecule has 0 spiro atoms. The summed E-state index contributed by atoms with van der Waals surface area (Å²) in [7, 11) is 0. The van der Waals surface area contributed by atoms with E-state index in [1.807, 2.05) is 6.07 Å². The number of aliphatic carboxylic acids is 1. The topological polar surface area (TPSA) is 40.5 Å². The molecule has 2 bridgehead atoms. The van der Waals surface area contributed by atoms with Crippen LogP contribution in [0.3, 0.4) is 0 Å². The second-order valence-electron chi connectivity index (χ2n) is 5.58. The summed E-state index contributed by atoms with van der Waals surface area (Å²) in [6.45, 7) is 0.534. The van der Waals surface area contributed by atoms with Gasteiger partial charge in [-0.15, -0.1) is 0 Å². The van der Waals surface area contributed by atoms with E-state index in [9.17, 15) is 14.3 Å². The number of rotatable bonds is 3. The van der Waals surface area contributed by atoms with Crippen LogP contribution < -0.4 is 0 Å². The number of benzene rings is 1. The lowest BCUT2D eigenvalue weighted by Gasteiger charge is -2.38. The SMILES string of the molecule is O=C(O)C1CCC2CCC1N2Cc1ccccc1F. The summed E-state index contributed by atoms with van der Waals surface area (Å²) >= 11 is 0. The van der Waals surface area contributed by atoms with Gasteiger partial charge < -0.3 is 5.11 Å². The molecule has 0 saturated carbocycles. The van der Waals surface area contributed by atoms with Gasteiger partial charge in [0.25, 0.3) is 0 Å². The summed E-state index contributed by atoms with van der Waals surface area (Å²) in [6.07, 6.45) is 3.65. The average Bonchev–Trinajstić information content (AvgIpc) is 2.64. The van der Waals surface area contributed by atoms with Crippen LogP contribution >= 0.6 is 0 Å². The largest absolute Gasteiger partial charge is 0.481 e. The lowest BCUT2D eigenvalue weighted by atomic mass is 9.90. The maximum Gasteiger partial charge on any atom is 0.308 e. The second kappa shape index (κ2) is 4.93. The Bertz CT molecular complexity index is 491. The zero-order valence-electron chi connectivity index (χ0n) is 10.8. The molecule has 3 atom stereocenters. The Hall–Kier alpha value is -1.42. The molecule has 4 heteroatoms. The van der Waals surface area contributed by atoms with Crippen molar-refractivity contribution in [1.82, 2.24) is 4.90 Å². The predicted octanol–water partition coefficient (Wildman–Crippen LogP) is 2.65. The van der Waals surface area contributed by atoms with Crippen molar-refractivity contribution in [2.24, 2.45) is 5.92 Å². The van der Waals surface area contributed by atoms with Crippen LogP contribution in [-0.2, 0) is 11.3 Å². The molecule has 0 amide bonds. The van der Waals surface area contributed by atoms with Crippen molar-refractivity contribution in [2.45, 2.75) is 44.3 Å². The number of carbonyl (C=O) groups is 1. The van der Waals surface area contributed by atoms with Gasteiger partial charge in [0.05, 0.1) is 5.92 Å². The maximum atomic E-state index is 13.7. The first-order valence-corrected chi connectivity index (χ1v) is 6.89. The van der Waals surface area contributed by atoms with Crippen LogP contribution in [-0.4, -0.2) is 28.1 Å². The van der Waals surface area contributed by atoms with Gasteiger partial charge in [-0.25, -0.2) is 4.39 Å². The fourth-order valence-electron chi connectivity index (χ4n) is 3.63. The van der Waals surface area contributed by atoms with Crippen LogP contribution in [0.4, 0.5) is 4.39 Å². The Morgan fingerprint density at radius 2 is 2.00 bits per heavy atom. The number of carboxylic acid groups (broad SMARTS) is 1. The summed E-state index contributed by atoms with van der Waals surface area (Å²) in [5.41, 5.74) is 0.672. The van der Waals surface area contributed by atoms with Crippen molar-refractivity contribution in [2.75, 3.05) is 0 Å². The van der Waals surface area contributed by atoms with Gasteiger partial charge in [-0.05, 0) is 31.7 Å². The molecule has 3 nitrogen and oxygen atoms in total. The lowest BCUT2D eigenvalue weighted by Crippen LogP contribution is -2.46. The van der Waals surface area contributed by atoms with Crippen LogP contribution in [0.15, 0.2) is 24.3 Å². The first kappa shape index (κ1) is 12.6. The third kappa shape index (κ3) is 2.25. The highest BCUT2D eigenvalue weighted by Crippen LogP contribution is 2.40. The number of piperidine rings is 1. The number of nitrogens with zero attached hydrogens (tertiary/aromatic N) is 1. The van der Waals surface area contributed by atoms with Crippen LogP contribution in [0.25, 0.3) is 0 Å². The number of fused-ring (bicyclic) bond motifs is 2. The standard InChI is InChI=1S/C15H18FNO2/c16-13-4-2-1-3-10(13)9-17-11-5-7-12(15(18)19)14(17)8-6-11/h1-4,11-12,14H,5-9H2,(H,18,19). The number of halogens is 1. The molecule has 3 unspecified atom stereocenters. The second-order valence-corrected chi connectivity index (χ2v) is 5.58. The Morgan fingerprint density at radius 1 is 1.26 bits per heavy atom. The third-order valence-electron chi connectivity index (χ3n) is 4.59. The van der Waals surface area contributed by atoms with Gasteiger partial charge >= 0.3 is 5.97 Å². The summed E-state index contributed by atoms with van der Waals surface area (Å²) in [5, 5.41) is 9.30. The highest BCUT2D eigenvalue weighted by Gasteiger charge is 2.45. The lowest BCUT2D eigenvalue weighted by molar-refractivity contribution is -0.145. The summed E-state index contributed by atoms with van der Waals surface area (Å²) < 4.78 is 13.7. The van der Waals surface area contributed by atoms with E-state index in [1.165, 1.54) is 6.07 Å². The zero-order chi connectivity index (χ0) is 13.4. The van der Waals surface area contributed by atoms with Gasteiger partial charge in [0, 0.05) is 24.2 Å². The highest BCUT2D eigenvalue weighted by molar-refractivity contribution is 5.71. The summed E-state index contributed by atoms with van der Waals surface area (Å²) in [6, 6.07) is 7.29. The Balaban J connectivity index is 1.81. The molecule has 2 heterocycles. The van der Waals surface area contributed by atoms with Gasteiger partial charge in [-0.1, -0.05) is 18.2 Å². The quantitative estimate of drug-likeness (QED) is 0.911. The van der Waals surface area contributed by atoms with Gasteiger partial charge in [0.15, 0.2) is 0 Å². The van der Waals surface area contributed by atoms with Crippen molar-refractivity contribution < 1.29 is 14.3 Å². The van der Waals surface area contributed by atoms with Crippen molar-refractivity contribution in [3.8, 4) is 0 Å². The van der Waals surface area contributed by atoms with E-state index in [0.29, 0.717) is 18.2 Å². The van der Waals surface area contributed by atoms with Crippen molar-refractivity contribution in [3.63, 3.8) is 0 Å². The third-order valence-corrected chi connectivity index (χ3v) is 4.59. The zero-order valence-corrected chi connectivity index (χ0v) is 10.8. The molecule has 1 N–H and O–H groups in total. The molecular formula is C15H18FNO2. The molecule has 2 aliphatic rings. The molecular weight excluding hydrogens is 245 g/mol. The molecule has 0 aliphatic carbocycles. The van der Waals surface area contributed by atoms with E-state index < -0.39 is 5.97 Å². The average molecular weight is 263 g/mol. The van der Waals surface area contributed by atoms with Gasteiger partial charge in [0.2, 0.25) is 0 Å². The molecule has 0 aromatic heterocycles. The van der Waals surface area contributed by atoms with Gasteiger partial charge in [0.1, 0.15) is 5.82 Å². The monoisotopic (exact) mass is 263 g/mol. The van der Waals surface area contributed by atoms with Gasteiger partial charge in [-0.2, -0.15) is 0 Å². The molecule has 0 radical (unpaired) electrons. The van der Waals surface area contributed by atoms with E-state index in [2.05, 4.69) is 4.90 Å². The van der Waals surface area contributed by atoms with Crippen LogP contribution in [0, 0.1) is 11.7 Å². The maximum absolute atomic E-state index is 13.7. The minimum absolute atomic E-state index is 0.0795. The minimum Gasteiger partial charge on any atom is -0.481 e. The predicted molar refractivity (Wildman–Crippen MR) is 69.1 cm³/mol. The van der Waals surface area contributed by atoms with Crippen LogP contribution in [0.2, 0.25) is 0 Å². The van der Waals surface area contributed by atoms with E-state index in [-0.39, 0.29) is 17.8 Å². The Labute approximate surface area is 112 Å². The molecule has 2 aliphatic heterocycles. The molecule has 2 saturated heterocycles. The van der Waals surface area contributed by atoms with E-state index in [1.54, 1.807) is 12.1 Å². The van der Waals surface area contributed by atoms with Gasteiger partial charge in [-0.3, -0.25) is 9.69 Å². The Morgan fingerprint density at radius 3 is 2.74 bits per heavy atom. The Kier molecular flexibility index (Phi) is 3.27. The fraction of sp³-hybridized carbons (Fsp3) is 0.533. The van der Waals surface area contributed by atoms with E-state index in [4.69, 9.17) is 0 Å². The van der Waals surface area contributed by atoms with E-state index in [0.717, 1.165) is 25.7 Å². The summed E-state index contributed by atoms with van der Waals surface area (Å²) in [5.74, 6) is -1.19. The minimum atomic E-state index is -0.705. The number of hydrogen-bond donors (Lipinski definition) is 1. The first-order chi connectivity index (χ1) is 9.16. The fourth-order valence-corrected chi connectivity index (χ4v) is 3.63. The van der Waals surface area contributed by atoms with Crippen LogP contribution in [0.5, 0.6) is 0 Å². The normalized spacial score (nSPS) is 30.5.